The normalized spacial score (nSPS) is 26.3. The summed E-state index contributed by atoms with van der Waals surface area (Å²) in [6.45, 7) is 8.50. The lowest BCUT2D eigenvalue weighted by Crippen LogP contribution is -2.59. The molecule has 7 unspecified atom stereocenters. The quantitative estimate of drug-likeness (QED) is 0.180. The van der Waals surface area contributed by atoms with Crippen LogP contribution in [-0.2, 0) is 29.1 Å². The van der Waals surface area contributed by atoms with Gasteiger partial charge in [0.2, 0.25) is 39.2 Å². The van der Waals surface area contributed by atoms with Crippen molar-refractivity contribution in [2.75, 3.05) is 13.7 Å². The Bertz CT molecular complexity index is 2480. The van der Waals surface area contributed by atoms with E-state index in [2.05, 4.69) is 20.3 Å². The fourth-order valence-electron chi connectivity index (χ4n) is 8.51. The Hall–Kier alpha value is -5.66. The number of hydrogen-bond donors (Lipinski definition) is 3. The summed E-state index contributed by atoms with van der Waals surface area (Å²) < 4.78 is 92.5. The van der Waals surface area contributed by atoms with Gasteiger partial charge in [-0.15, -0.1) is 0 Å². The van der Waals surface area contributed by atoms with Gasteiger partial charge in [0.25, 0.3) is 5.91 Å². The van der Waals surface area contributed by atoms with E-state index in [0.29, 0.717) is 79.6 Å². The molecule has 66 heavy (non-hydrogen) atoms. The maximum absolute atomic E-state index is 15.0. The van der Waals surface area contributed by atoms with E-state index >= 15 is 0 Å². The third kappa shape index (κ3) is 10.6. The van der Waals surface area contributed by atoms with Crippen LogP contribution in [0.15, 0.2) is 54.7 Å². The minimum absolute atomic E-state index is 0.0601. The van der Waals surface area contributed by atoms with Crippen LogP contribution >= 0.6 is 0 Å². The highest BCUT2D eigenvalue weighted by Crippen LogP contribution is 2.46. The highest BCUT2D eigenvalue weighted by Gasteiger charge is 2.62. The Morgan fingerprint density at radius 3 is 2.42 bits per heavy atom. The van der Waals surface area contributed by atoms with Gasteiger partial charge in [0.1, 0.15) is 29.5 Å². The number of pyridine rings is 2. The molecular formula is C46H57F3N6O10S. The summed E-state index contributed by atoms with van der Waals surface area (Å²) in [7, 11) is -2.49. The van der Waals surface area contributed by atoms with Crippen LogP contribution in [-0.4, -0.2) is 108 Å². The number of carbonyl (C=O) groups is 4. The second kappa shape index (κ2) is 18.6. The molecule has 4 aliphatic rings. The number of nitrogens with one attached hydrogen (secondary N) is 3. The second-order valence-corrected chi connectivity index (χ2v) is 20.7. The zero-order valence-corrected chi connectivity index (χ0v) is 38.8. The van der Waals surface area contributed by atoms with Crippen LogP contribution in [0.3, 0.4) is 0 Å². The number of halogens is 3. The van der Waals surface area contributed by atoms with Crippen LogP contribution in [0.4, 0.5) is 18.0 Å². The summed E-state index contributed by atoms with van der Waals surface area (Å²) in [5, 5.41) is 5.73. The van der Waals surface area contributed by atoms with Gasteiger partial charge in [0.15, 0.2) is 0 Å². The van der Waals surface area contributed by atoms with Gasteiger partial charge in [-0.3, -0.25) is 19.1 Å². The van der Waals surface area contributed by atoms with Crippen LogP contribution in [0.2, 0.25) is 0 Å². The highest BCUT2D eigenvalue weighted by molar-refractivity contribution is 7.91. The molecule has 2 aromatic heterocycles. The number of alkyl halides is 3. The number of sulfonamides is 1. The molecule has 0 bridgehead atoms. The Kier molecular flexibility index (Phi) is 13.6. The van der Waals surface area contributed by atoms with E-state index in [1.54, 1.807) is 49.5 Å². The smallest absolute Gasteiger partial charge is 0.427 e. The van der Waals surface area contributed by atoms with Gasteiger partial charge in [-0.1, -0.05) is 26.0 Å². The third-order valence-corrected chi connectivity index (χ3v) is 14.4. The minimum Gasteiger partial charge on any atom is -0.497 e. The standard InChI is InChI=1S/C46H57F3N6O10S/c1-25(2)63-37-17-12-28(23-50-37)35-20-29-19-31(62-7)13-16-34(29)40(51-35)64-32-21-36-39(56)53-45(42(58)54-66(60,61)33-14-15-33)22-30(45)11-9-8-10-26(3)18-27(4)38(41(57)55(36)24-32)52-43(59)65-44(5,6)46(47,48)49/h9,11-13,16-17,19-20,23,25-27,30,32-33,36,38H,8,10,14-15,18,21-22,24H2,1-7H3,(H,52,59)(H,53,56)(H,54,58). The molecule has 4 amide bonds. The molecule has 3 aromatic rings. The number of nitrogens with zero attached hydrogens (tertiary/aromatic N) is 3. The highest BCUT2D eigenvalue weighted by atomic mass is 32.2. The SMILES string of the molecule is COc1ccc2c(OC3CC4C(=O)NC5(C(=O)NS(=O)(=O)C6CC6)CC5C=CCCC(C)CC(C)C(NC(=O)OC(C)(C)C(F)(F)F)C(=O)N4C3)nc(-c3ccc(OC(C)C)nc3)cc2c1. The number of alkyl carbamates (subject to hydrolysis) is 1. The lowest BCUT2D eigenvalue weighted by Gasteiger charge is -2.34. The molecule has 20 heteroatoms. The van der Waals surface area contributed by atoms with Crippen molar-refractivity contribution in [2.45, 2.75) is 133 Å². The summed E-state index contributed by atoms with van der Waals surface area (Å²) in [6.07, 6.45) is -0.0337. The Morgan fingerprint density at radius 2 is 1.77 bits per heavy atom. The van der Waals surface area contributed by atoms with Crippen LogP contribution in [0.5, 0.6) is 17.5 Å². The molecule has 0 spiro atoms. The van der Waals surface area contributed by atoms with Crippen LogP contribution in [0, 0.1) is 17.8 Å². The number of allylic oxidation sites excluding steroid dienone is 1. The van der Waals surface area contributed by atoms with Gasteiger partial charge in [-0.25, -0.2) is 23.2 Å². The number of aromatic nitrogens is 2. The zero-order chi connectivity index (χ0) is 47.9. The zero-order valence-electron chi connectivity index (χ0n) is 37.9. The fourth-order valence-corrected chi connectivity index (χ4v) is 9.88. The van der Waals surface area contributed by atoms with E-state index < -0.39 is 86.4 Å². The number of fused-ring (bicyclic) bond motifs is 3. The summed E-state index contributed by atoms with van der Waals surface area (Å²) >= 11 is 0. The molecule has 358 valence electrons. The molecule has 3 N–H and O–H groups in total. The van der Waals surface area contributed by atoms with Crippen LogP contribution < -0.4 is 29.6 Å². The van der Waals surface area contributed by atoms with Gasteiger partial charge >= 0.3 is 12.3 Å². The lowest BCUT2D eigenvalue weighted by molar-refractivity contribution is -0.244. The molecule has 1 aromatic carbocycles. The molecule has 3 fully saturated rings. The number of methoxy groups -OCH3 is 1. The lowest BCUT2D eigenvalue weighted by atomic mass is 9.88. The van der Waals surface area contributed by atoms with Gasteiger partial charge in [-0.2, -0.15) is 13.2 Å². The number of rotatable bonds is 11. The van der Waals surface area contributed by atoms with Crippen LogP contribution in [0.25, 0.3) is 22.0 Å². The molecule has 2 aliphatic carbocycles. The van der Waals surface area contributed by atoms with E-state index in [1.165, 1.54) is 12.0 Å². The maximum Gasteiger partial charge on any atom is 0.427 e. The summed E-state index contributed by atoms with van der Waals surface area (Å²) in [5.41, 5.74) is -3.49. The van der Waals surface area contributed by atoms with E-state index in [9.17, 15) is 40.8 Å². The Balaban J connectivity index is 1.26. The van der Waals surface area contributed by atoms with Crippen molar-refractivity contribution in [3.63, 3.8) is 0 Å². The first-order valence-electron chi connectivity index (χ1n) is 22.2. The van der Waals surface area contributed by atoms with Crippen molar-refractivity contribution < 1.29 is 59.7 Å². The van der Waals surface area contributed by atoms with Gasteiger partial charge in [0, 0.05) is 35.6 Å². The molecule has 4 heterocycles. The number of amides is 4. The first-order chi connectivity index (χ1) is 31.0. The van der Waals surface area contributed by atoms with Gasteiger partial charge in [0.05, 0.1) is 30.7 Å². The molecule has 7 atom stereocenters. The molecule has 7 rings (SSSR count). The number of hydrogen-bond acceptors (Lipinski definition) is 12. The topological polar surface area (TPSA) is 204 Å². The summed E-state index contributed by atoms with van der Waals surface area (Å²) in [5.74, 6) is -2.70. The first-order valence-corrected chi connectivity index (χ1v) is 23.7. The van der Waals surface area contributed by atoms with Gasteiger partial charge < -0.3 is 34.5 Å². The molecule has 1 saturated heterocycles. The van der Waals surface area contributed by atoms with E-state index in [4.69, 9.17) is 23.9 Å². The van der Waals surface area contributed by atoms with E-state index in [-0.39, 0.29) is 37.3 Å². The Labute approximate surface area is 381 Å². The van der Waals surface area contributed by atoms with Crippen molar-refractivity contribution in [3.8, 4) is 28.8 Å². The third-order valence-electron chi connectivity index (χ3n) is 12.6. The molecule has 2 saturated carbocycles. The fraction of sp³-hybridized carbons (Fsp3) is 0.565. The van der Waals surface area contributed by atoms with Crippen molar-refractivity contribution in [3.05, 3.63) is 54.7 Å². The van der Waals surface area contributed by atoms with Crippen molar-refractivity contribution >= 4 is 44.6 Å². The summed E-state index contributed by atoms with van der Waals surface area (Å²) in [4.78, 5) is 67.4. The predicted molar refractivity (Wildman–Crippen MR) is 236 cm³/mol. The number of carbonyl (C=O) groups excluding carboxylic acids is 4. The molecule has 0 radical (unpaired) electrons. The van der Waals surface area contributed by atoms with Crippen molar-refractivity contribution in [1.82, 2.24) is 30.2 Å². The Morgan fingerprint density at radius 1 is 1.03 bits per heavy atom. The monoisotopic (exact) mass is 942 g/mol. The second-order valence-electron chi connectivity index (χ2n) is 18.7. The van der Waals surface area contributed by atoms with E-state index in [1.807, 2.05) is 32.9 Å². The van der Waals surface area contributed by atoms with E-state index in [0.717, 1.165) is 0 Å². The molecule has 16 nitrogen and oxygen atoms in total. The van der Waals surface area contributed by atoms with Crippen molar-refractivity contribution in [2.24, 2.45) is 17.8 Å². The number of benzene rings is 1. The minimum atomic E-state index is -4.93. The summed E-state index contributed by atoms with van der Waals surface area (Å²) in [6, 6.07) is 7.74. The van der Waals surface area contributed by atoms with Crippen LogP contribution in [0.1, 0.15) is 86.5 Å². The first kappa shape index (κ1) is 48.3. The average Bonchev–Trinajstić information content (AvgIpc) is 4.17. The predicted octanol–water partition coefficient (Wildman–Crippen LogP) is 6.37. The largest absolute Gasteiger partial charge is 0.497 e. The average molecular weight is 943 g/mol. The number of ether oxygens (including phenoxy) is 4. The molecule has 2 aliphatic heterocycles. The molecular weight excluding hydrogens is 886 g/mol. The van der Waals surface area contributed by atoms with Crippen molar-refractivity contribution in [1.29, 1.82) is 0 Å². The maximum atomic E-state index is 15.0. The van der Waals surface area contributed by atoms with Gasteiger partial charge in [-0.05, 0) is 114 Å².